The van der Waals surface area contributed by atoms with Crippen LogP contribution >= 0.6 is 0 Å². The molecule has 0 aliphatic heterocycles. The molecule has 0 aliphatic carbocycles. The van der Waals surface area contributed by atoms with Crippen LogP contribution in [0.5, 0.6) is 11.5 Å². The van der Waals surface area contributed by atoms with E-state index < -0.39 is 0 Å². The maximum Gasteiger partial charge on any atom is 0.151 e. The van der Waals surface area contributed by atoms with E-state index >= 15 is 0 Å². The number of rotatable bonds is 9. The molecule has 3 N–H and O–H groups in total. The predicted molar refractivity (Wildman–Crippen MR) is 163 cm³/mol. The first-order valence-corrected chi connectivity index (χ1v) is 13.3. The summed E-state index contributed by atoms with van der Waals surface area (Å²) >= 11 is 0. The Balaban J connectivity index is 1.45. The highest BCUT2D eigenvalue weighted by atomic mass is 16.5. The van der Waals surface area contributed by atoms with Crippen LogP contribution in [-0.2, 0) is 0 Å². The first-order valence-electron chi connectivity index (χ1n) is 13.3. The van der Waals surface area contributed by atoms with E-state index in [1.807, 2.05) is 99.6 Å². The number of para-hydroxylation sites is 1. The van der Waals surface area contributed by atoms with Crippen molar-refractivity contribution >= 4 is 44.9 Å². The summed E-state index contributed by atoms with van der Waals surface area (Å²) in [7, 11) is 0. The zero-order valence-electron chi connectivity index (χ0n) is 23.2. The highest BCUT2D eigenvalue weighted by Crippen LogP contribution is 2.42. The third-order valence-corrected chi connectivity index (χ3v) is 6.50. The van der Waals surface area contributed by atoms with Crippen LogP contribution in [-0.4, -0.2) is 23.4 Å². The van der Waals surface area contributed by atoms with Crippen LogP contribution in [0.4, 0.5) is 34.1 Å². The van der Waals surface area contributed by atoms with Crippen LogP contribution in [0.3, 0.4) is 0 Å². The molecule has 5 aromatic rings. The van der Waals surface area contributed by atoms with Gasteiger partial charge < -0.3 is 20.3 Å². The number of aliphatic hydroxyl groups excluding tert-OH is 1. The highest BCUT2D eigenvalue weighted by molar-refractivity contribution is 5.96. The molecule has 0 unspecified atom stereocenters. The van der Waals surface area contributed by atoms with E-state index in [4.69, 9.17) is 4.74 Å². The number of anilines is 2. The molecule has 5 aromatic carbocycles. The number of ether oxygens (including phenoxy) is 1. The quantitative estimate of drug-likeness (QED) is 0.160. The van der Waals surface area contributed by atoms with Crippen LogP contribution in [0.15, 0.2) is 111 Å². The van der Waals surface area contributed by atoms with Gasteiger partial charge in [0.05, 0.1) is 18.0 Å². The molecule has 0 aliphatic rings. The van der Waals surface area contributed by atoms with Crippen LogP contribution < -0.4 is 10.1 Å². The van der Waals surface area contributed by atoms with Gasteiger partial charge in [-0.15, -0.1) is 10.2 Å². The zero-order chi connectivity index (χ0) is 28.8. The molecule has 8 nitrogen and oxygen atoms in total. The molecule has 0 amide bonds. The molecule has 0 spiro atoms. The smallest absolute Gasteiger partial charge is 0.151 e. The lowest BCUT2D eigenvalue weighted by Crippen LogP contribution is -2.01. The fourth-order valence-electron chi connectivity index (χ4n) is 4.43. The van der Waals surface area contributed by atoms with Crippen molar-refractivity contribution in [3.05, 3.63) is 108 Å². The van der Waals surface area contributed by atoms with Crippen molar-refractivity contribution in [3.63, 3.8) is 0 Å². The first-order chi connectivity index (χ1) is 19.9. The summed E-state index contributed by atoms with van der Waals surface area (Å²) in [5.41, 5.74) is 6.77. The number of hydrogen-bond acceptors (Lipinski definition) is 8. The Labute approximate surface area is 238 Å². The van der Waals surface area contributed by atoms with E-state index in [0.717, 1.165) is 39.1 Å². The lowest BCUT2D eigenvalue weighted by molar-refractivity contribution is 0.202. The fraction of sp³-hybridized carbons (Fsp3) is 0.152. The largest absolute Gasteiger partial charge is 0.505 e. The number of hydrogen-bond donors (Lipinski definition) is 3. The second-order valence-electron chi connectivity index (χ2n) is 9.74. The van der Waals surface area contributed by atoms with Gasteiger partial charge in [-0.3, -0.25) is 0 Å². The number of nitrogens with zero attached hydrogens (tertiary/aromatic N) is 4. The number of phenols is 1. The summed E-state index contributed by atoms with van der Waals surface area (Å²) in [6.07, 6.45) is 0. The summed E-state index contributed by atoms with van der Waals surface area (Å²) in [4.78, 5) is 0. The Morgan fingerprint density at radius 2 is 1.51 bits per heavy atom. The van der Waals surface area contributed by atoms with Gasteiger partial charge >= 0.3 is 0 Å². The molecular formula is C33H31N5O3. The van der Waals surface area contributed by atoms with Gasteiger partial charge in [-0.1, -0.05) is 30.3 Å². The van der Waals surface area contributed by atoms with Gasteiger partial charge in [0.15, 0.2) is 5.75 Å². The number of nitrogens with one attached hydrogen (secondary N) is 1. The van der Waals surface area contributed by atoms with Crippen molar-refractivity contribution < 1.29 is 14.9 Å². The normalized spacial score (nSPS) is 11.5. The molecule has 5 rings (SSSR count). The lowest BCUT2D eigenvalue weighted by atomic mass is 10.0. The number of phenolic OH excluding ortho intramolecular Hbond substituents is 1. The molecule has 0 saturated carbocycles. The summed E-state index contributed by atoms with van der Waals surface area (Å²) in [6, 6.07) is 29.0. The van der Waals surface area contributed by atoms with Gasteiger partial charge in [-0.2, -0.15) is 10.2 Å². The van der Waals surface area contributed by atoms with Gasteiger partial charge in [-0.25, -0.2) is 0 Å². The molecule has 0 saturated heterocycles. The minimum atomic E-state index is -0.156. The van der Waals surface area contributed by atoms with Crippen LogP contribution in [0.1, 0.15) is 16.7 Å². The van der Waals surface area contributed by atoms with E-state index in [2.05, 4.69) is 25.8 Å². The maximum atomic E-state index is 11.1. The average molecular weight is 546 g/mol. The monoisotopic (exact) mass is 545 g/mol. The molecule has 8 heteroatoms. The lowest BCUT2D eigenvalue weighted by Gasteiger charge is -2.12. The number of fused-ring (bicyclic) bond motifs is 1. The molecule has 206 valence electrons. The topological polar surface area (TPSA) is 111 Å². The van der Waals surface area contributed by atoms with Gasteiger partial charge in [-0.05, 0) is 97.4 Å². The van der Waals surface area contributed by atoms with Crippen molar-refractivity contribution in [1.29, 1.82) is 0 Å². The SMILES string of the molecule is Cc1cccc(/N=N/c2cc(OCCO)c(/N=N/c3c(C)cc4cc(Nc5ccccc5)ccc4c3O)cc2C)c1. The molecule has 0 atom stereocenters. The van der Waals surface area contributed by atoms with E-state index in [0.29, 0.717) is 28.2 Å². The Morgan fingerprint density at radius 3 is 2.29 bits per heavy atom. The summed E-state index contributed by atoms with van der Waals surface area (Å²) in [5.74, 6) is 0.453. The molecule has 0 fully saturated rings. The van der Waals surface area contributed by atoms with Crippen LogP contribution in [0.2, 0.25) is 0 Å². The van der Waals surface area contributed by atoms with E-state index in [1.165, 1.54) is 0 Å². The molecule has 0 radical (unpaired) electrons. The minimum Gasteiger partial charge on any atom is -0.505 e. The Kier molecular flexibility index (Phi) is 8.31. The number of aryl methyl sites for hydroxylation is 3. The van der Waals surface area contributed by atoms with Crippen molar-refractivity contribution in [1.82, 2.24) is 0 Å². The van der Waals surface area contributed by atoms with Gasteiger partial charge in [0.1, 0.15) is 23.7 Å². The Bertz CT molecular complexity index is 1750. The third-order valence-electron chi connectivity index (χ3n) is 6.50. The van der Waals surface area contributed by atoms with E-state index in [1.54, 1.807) is 12.1 Å². The highest BCUT2D eigenvalue weighted by Gasteiger charge is 2.13. The Hall–Kier alpha value is -5.08. The average Bonchev–Trinajstić information content (AvgIpc) is 2.96. The standard InChI is InChI=1S/C33H31N5O3/c1-21-8-7-11-27(16-21)35-36-29-20-31(41-15-14-39)30(18-22(29)2)37-38-32-23(3)17-24-19-26(12-13-28(24)33(32)40)34-25-9-5-4-6-10-25/h4-13,16-20,34,39-40H,14-15H2,1-3H3/b36-35+,38-37+. The number of azo groups is 2. The molecule has 0 aromatic heterocycles. The zero-order valence-corrected chi connectivity index (χ0v) is 23.2. The summed E-state index contributed by atoms with van der Waals surface area (Å²) in [5, 5.41) is 43.0. The second kappa shape index (κ2) is 12.4. The number of benzene rings is 5. The molecule has 41 heavy (non-hydrogen) atoms. The summed E-state index contributed by atoms with van der Waals surface area (Å²) < 4.78 is 5.76. The summed E-state index contributed by atoms with van der Waals surface area (Å²) in [6.45, 7) is 5.71. The van der Waals surface area contributed by atoms with Gasteiger partial charge in [0.2, 0.25) is 0 Å². The van der Waals surface area contributed by atoms with Crippen molar-refractivity contribution in [3.8, 4) is 11.5 Å². The molecule has 0 bridgehead atoms. The number of aromatic hydroxyl groups is 1. The molecular weight excluding hydrogens is 514 g/mol. The number of aliphatic hydroxyl groups is 1. The fourth-order valence-corrected chi connectivity index (χ4v) is 4.43. The first kappa shape index (κ1) is 27.5. The third kappa shape index (κ3) is 6.57. The van der Waals surface area contributed by atoms with Crippen molar-refractivity contribution in [2.24, 2.45) is 20.5 Å². The van der Waals surface area contributed by atoms with Crippen molar-refractivity contribution in [2.75, 3.05) is 18.5 Å². The Morgan fingerprint density at radius 1 is 0.707 bits per heavy atom. The van der Waals surface area contributed by atoms with Crippen molar-refractivity contribution in [2.45, 2.75) is 20.8 Å². The predicted octanol–water partition coefficient (Wildman–Crippen LogP) is 9.42. The van der Waals surface area contributed by atoms with Crippen LogP contribution in [0, 0.1) is 20.8 Å². The van der Waals surface area contributed by atoms with Gasteiger partial charge in [0, 0.05) is 22.8 Å². The van der Waals surface area contributed by atoms with E-state index in [-0.39, 0.29) is 19.0 Å². The maximum absolute atomic E-state index is 11.1. The second-order valence-corrected chi connectivity index (χ2v) is 9.74. The minimum absolute atomic E-state index is 0.0492. The van der Waals surface area contributed by atoms with E-state index in [9.17, 15) is 10.2 Å². The molecule has 0 heterocycles. The van der Waals surface area contributed by atoms with Crippen LogP contribution in [0.25, 0.3) is 10.8 Å². The van der Waals surface area contributed by atoms with Gasteiger partial charge in [0.25, 0.3) is 0 Å².